The van der Waals surface area contributed by atoms with Crippen molar-refractivity contribution >= 4 is 35.2 Å². The molecule has 0 aromatic heterocycles. The fourth-order valence-corrected chi connectivity index (χ4v) is 3.30. The summed E-state index contributed by atoms with van der Waals surface area (Å²) in [5.74, 6) is -3.60. The summed E-state index contributed by atoms with van der Waals surface area (Å²) in [5.41, 5.74) is -1.00. The number of amides is 1. The zero-order valence-corrected chi connectivity index (χ0v) is 16.8. The van der Waals surface area contributed by atoms with Gasteiger partial charge in [-0.1, -0.05) is 12.1 Å². The van der Waals surface area contributed by atoms with Crippen molar-refractivity contribution in [2.45, 2.75) is 19.4 Å². The minimum atomic E-state index is -1.54. The van der Waals surface area contributed by atoms with Gasteiger partial charge in [0.25, 0.3) is 5.91 Å². The van der Waals surface area contributed by atoms with E-state index in [0.717, 1.165) is 4.90 Å². The second kappa shape index (κ2) is 8.31. The van der Waals surface area contributed by atoms with Gasteiger partial charge >= 0.3 is 17.9 Å². The molecule has 0 fully saturated rings. The SMILES string of the molecule is CCOC(=O)[C@]1(C)C=C(Nc2cccc(C(=O)O)c2)C(=O)N1c1cccc(C(=O)O)c1. The van der Waals surface area contributed by atoms with Crippen LogP contribution in [0, 0.1) is 0 Å². The van der Waals surface area contributed by atoms with Crippen molar-refractivity contribution in [2.24, 2.45) is 0 Å². The predicted octanol–water partition coefficient (Wildman–Crippen LogP) is 2.75. The molecule has 1 amide bonds. The first-order valence-electron chi connectivity index (χ1n) is 9.35. The van der Waals surface area contributed by atoms with Gasteiger partial charge in [0.05, 0.1) is 17.7 Å². The van der Waals surface area contributed by atoms with E-state index in [1.54, 1.807) is 13.0 Å². The quantitative estimate of drug-likeness (QED) is 0.578. The Balaban J connectivity index is 2.04. The fourth-order valence-electron chi connectivity index (χ4n) is 3.30. The van der Waals surface area contributed by atoms with Gasteiger partial charge in [-0.05, 0) is 56.3 Å². The topological polar surface area (TPSA) is 133 Å². The van der Waals surface area contributed by atoms with Crippen LogP contribution in [-0.4, -0.2) is 46.2 Å². The van der Waals surface area contributed by atoms with E-state index in [1.165, 1.54) is 55.5 Å². The van der Waals surface area contributed by atoms with Gasteiger partial charge in [0.2, 0.25) is 0 Å². The lowest BCUT2D eigenvalue weighted by molar-refractivity contribution is -0.147. The summed E-state index contributed by atoms with van der Waals surface area (Å²) < 4.78 is 5.16. The van der Waals surface area contributed by atoms with Gasteiger partial charge in [0.1, 0.15) is 5.70 Å². The molecule has 1 aliphatic rings. The number of benzene rings is 2. The van der Waals surface area contributed by atoms with E-state index in [0.29, 0.717) is 5.69 Å². The second-order valence-electron chi connectivity index (χ2n) is 6.93. The molecule has 0 radical (unpaired) electrons. The molecule has 0 saturated heterocycles. The number of hydrogen-bond acceptors (Lipinski definition) is 6. The summed E-state index contributed by atoms with van der Waals surface area (Å²) in [6.07, 6.45) is 1.38. The third kappa shape index (κ3) is 4.11. The number of nitrogens with zero attached hydrogens (tertiary/aromatic N) is 1. The lowest BCUT2D eigenvalue weighted by Gasteiger charge is -2.32. The summed E-state index contributed by atoms with van der Waals surface area (Å²) in [4.78, 5) is 49.8. The van der Waals surface area contributed by atoms with Gasteiger partial charge in [-0.15, -0.1) is 0 Å². The third-order valence-electron chi connectivity index (χ3n) is 4.75. The van der Waals surface area contributed by atoms with E-state index < -0.39 is 29.4 Å². The predicted molar refractivity (Wildman–Crippen MR) is 111 cm³/mol. The van der Waals surface area contributed by atoms with Crippen molar-refractivity contribution in [1.82, 2.24) is 0 Å². The fraction of sp³-hybridized carbons (Fsp3) is 0.182. The molecule has 2 aromatic rings. The molecule has 9 heteroatoms. The maximum atomic E-state index is 13.3. The van der Waals surface area contributed by atoms with Crippen molar-refractivity contribution in [3.05, 3.63) is 71.4 Å². The molecule has 1 atom stereocenters. The summed E-state index contributed by atoms with van der Waals surface area (Å²) in [7, 11) is 0. The molecule has 0 saturated carbocycles. The number of ether oxygens (including phenoxy) is 1. The van der Waals surface area contributed by atoms with E-state index in [4.69, 9.17) is 4.74 Å². The Morgan fingerprint density at radius 2 is 1.65 bits per heavy atom. The Morgan fingerprint density at radius 3 is 2.26 bits per heavy atom. The molecule has 3 rings (SSSR count). The summed E-state index contributed by atoms with van der Waals surface area (Å²) in [5, 5.41) is 21.3. The Morgan fingerprint density at radius 1 is 1.03 bits per heavy atom. The van der Waals surface area contributed by atoms with Crippen LogP contribution < -0.4 is 10.2 Å². The van der Waals surface area contributed by atoms with Crippen LogP contribution in [0.4, 0.5) is 11.4 Å². The van der Waals surface area contributed by atoms with Crippen LogP contribution >= 0.6 is 0 Å². The third-order valence-corrected chi connectivity index (χ3v) is 4.75. The van der Waals surface area contributed by atoms with E-state index in [-0.39, 0.29) is 29.1 Å². The number of rotatable bonds is 7. The van der Waals surface area contributed by atoms with E-state index in [1.807, 2.05) is 0 Å². The molecular weight excluding hydrogens is 404 g/mol. The molecule has 2 aromatic carbocycles. The summed E-state index contributed by atoms with van der Waals surface area (Å²) in [6, 6.07) is 11.5. The van der Waals surface area contributed by atoms with Crippen LogP contribution in [0.25, 0.3) is 0 Å². The van der Waals surface area contributed by atoms with Gasteiger partial charge in [0.15, 0.2) is 5.54 Å². The number of carbonyl (C=O) groups excluding carboxylic acids is 2. The normalized spacial score (nSPS) is 17.8. The van der Waals surface area contributed by atoms with Crippen LogP contribution in [0.3, 0.4) is 0 Å². The first-order valence-corrected chi connectivity index (χ1v) is 9.35. The van der Waals surface area contributed by atoms with Gasteiger partial charge in [0, 0.05) is 11.4 Å². The molecule has 3 N–H and O–H groups in total. The highest BCUT2D eigenvalue weighted by atomic mass is 16.5. The molecule has 0 unspecified atom stereocenters. The molecular formula is C22H20N2O7. The minimum Gasteiger partial charge on any atom is -0.478 e. The zero-order chi connectivity index (χ0) is 22.8. The van der Waals surface area contributed by atoms with Crippen molar-refractivity contribution < 1.29 is 34.1 Å². The molecule has 0 spiro atoms. The van der Waals surface area contributed by atoms with Crippen molar-refractivity contribution in [3.8, 4) is 0 Å². The number of carboxylic acids is 2. The molecule has 1 heterocycles. The van der Waals surface area contributed by atoms with Gasteiger partial charge in [-0.25, -0.2) is 14.4 Å². The van der Waals surface area contributed by atoms with Crippen molar-refractivity contribution in [3.63, 3.8) is 0 Å². The smallest absolute Gasteiger partial charge is 0.336 e. The number of hydrogen-bond donors (Lipinski definition) is 3. The van der Waals surface area contributed by atoms with Crippen LogP contribution in [0.5, 0.6) is 0 Å². The zero-order valence-electron chi connectivity index (χ0n) is 16.8. The van der Waals surface area contributed by atoms with Gasteiger partial charge in [-0.2, -0.15) is 0 Å². The van der Waals surface area contributed by atoms with E-state index in [9.17, 15) is 29.4 Å². The van der Waals surface area contributed by atoms with Crippen LogP contribution in [0.1, 0.15) is 34.6 Å². The molecule has 9 nitrogen and oxygen atoms in total. The number of carboxylic acid groups (broad SMARTS) is 2. The maximum Gasteiger partial charge on any atom is 0.336 e. The monoisotopic (exact) mass is 424 g/mol. The minimum absolute atomic E-state index is 0.0233. The van der Waals surface area contributed by atoms with Gasteiger partial charge in [-0.3, -0.25) is 9.69 Å². The number of carbonyl (C=O) groups is 4. The van der Waals surface area contributed by atoms with Crippen LogP contribution in [0.15, 0.2) is 60.3 Å². The number of anilines is 2. The summed E-state index contributed by atoms with van der Waals surface area (Å²) in [6.45, 7) is 3.20. The van der Waals surface area contributed by atoms with E-state index in [2.05, 4.69) is 5.32 Å². The summed E-state index contributed by atoms with van der Waals surface area (Å²) >= 11 is 0. The van der Waals surface area contributed by atoms with Crippen LogP contribution in [0.2, 0.25) is 0 Å². The molecule has 1 aliphatic heterocycles. The Labute approximate surface area is 177 Å². The maximum absolute atomic E-state index is 13.3. The highest BCUT2D eigenvalue weighted by Gasteiger charge is 2.49. The molecule has 160 valence electrons. The number of esters is 1. The highest BCUT2D eigenvalue weighted by molar-refractivity contribution is 6.17. The van der Waals surface area contributed by atoms with Crippen molar-refractivity contribution in [1.29, 1.82) is 0 Å². The van der Waals surface area contributed by atoms with E-state index >= 15 is 0 Å². The Bertz CT molecular complexity index is 1110. The van der Waals surface area contributed by atoms with Gasteiger partial charge < -0.3 is 20.3 Å². The first kappa shape index (κ1) is 21.6. The number of aromatic carboxylic acids is 2. The van der Waals surface area contributed by atoms with Crippen LogP contribution in [-0.2, 0) is 14.3 Å². The Kier molecular flexibility index (Phi) is 5.78. The Hall–Kier alpha value is -4.14. The first-order chi connectivity index (χ1) is 14.7. The lowest BCUT2D eigenvalue weighted by Crippen LogP contribution is -2.51. The lowest BCUT2D eigenvalue weighted by atomic mass is 10.0. The average Bonchev–Trinajstić information content (AvgIpc) is 2.99. The standard InChI is InChI=1S/C22H20N2O7/c1-3-31-21(30)22(2)12-17(23-15-8-4-6-13(10-15)19(26)27)18(25)24(22)16-9-5-7-14(11-16)20(28)29/h4-12,23H,3H2,1-2H3,(H,26,27)(H,28,29)/t22-/m0/s1. The molecule has 31 heavy (non-hydrogen) atoms. The molecule has 0 aliphatic carbocycles. The molecule has 0 bridgehead atoms. The second-order valence-corrected chi connectivity index (χ2v) is 6.93. The average molecular weight is 424 g/mol. The largest absolute Gasteiger partial charge is 0.478 e. The highest BCUT2D eigenvalue weighted by Crippen LogP contribution is 2.35. The van der Waals surface area contributed by atoms with Crippen molar-refractivity contribution in [2.75, 3.05) is 16.8 Å². The number of nitrogens with one attached hydrogen (secondary N) is 1.